The number of anilines is 2. The van der Waals surface area contributed by atoms with Gasteiger partial charge in [-0.2, -0.15) is 5.10 Å². The van der Waals surface area contributed by atoms with Crippen LogP contribution in [-0.2, 0) is 17.1 Å². The van der Waals surface area contributed by atoms with E-state index >= 15 is 0 Å². The van der Waals surface area contributed by atoms with Crippen molar-refractivity contribution >= 4 is 33.1 Å². The van der Waals surface area contributed by atoms with Gasteiger partial charge in [-0.1, -0.05) is 11.6 Å². The van der Waals surface area contributed by atoms with Crippen LogP contribution in [0.25, 0.3) is 0 Å². The van der Waals surface area contributed by atoms with Gasteiger partial charge in [0.05, 0.1) is 10.7 Å². The lowest BCUT2D eigenvalue weighted by atomic mass is 10.3. The molecule has 9 heteroatoms. The Bertz CT molecular complexity index is 729. The standard InChI is InChI=1S/C10H10ClFN4O2S/c1-16-5-9(10(13)14-16)19(17,18)15-6-2-3-8(12)7(11)4-6/h2-5,15H,1H3,(H2,13,14). The zero-order valence-electron chi connectivity index (χ0n) is 9.76. The van der Waals surface area contributed by atoms with Crippen molar-refractivity contribution in [3.05, 3.63) is 35.2 Å². The summed E-state index contributed by atoms with van der Waals surface area (Å²) in [6.45, 7) is 0. The summed E-state index contributed by atoms with van der Waals surface area (Å²) in [5.74, 6) is -0.756. The fourth-order valence-corrected chi connectivity index (χ4v) is 2.80. The molecular weight excluding hydrogens is 295 g/mol. The number of aromatic nitrogens is 2. The van der Waals surface area contributed by atoms with Crippen molar-refractivity contribution in [2.45, 2.75) is 4.90 Å². The van der Waals surface area contributed by atoms with E-state index in [2.05, 4.69) is 9.82 Å². The molecule has 6 nitrogen and oxygen atoms in total. The Morgan fingerprint density at radius 3 is 2.68 bits per heavy atom. The van der Waals surface area contributed by atoms with Gasteiger partial charge < -0.3 is 5.73 Å². The van der Waals surface area contributed by atoms with Crippen molar-refractivity contribution in [1.82, 2.24) is 9.78 Å². The van der Waals surface area contributed by atoms with Crippen LogP contribution >= 0.6 is 11.6 Å². The van der Waals surface area contributed by atoms with E-state index in [1.54, 1.807) is 7.05 Å². The summed E-state index contributed by atoms with van der Waals surface area (Å²) < 4.78 is 40.6. The second kappa shape index (κ2) is 4.71. The molecule has 0 aliphatic carbocycles. The maximum Gasteiger partial charge on any atom is 0.267 e. The Morgan fingerprint density at radius 1 is 1.47 bits per heavy atom. The Morgan fingerprint density at radius 2 is 2.16 bits per heavy atom. The van der Waals surface area contributed by atoms with Crippen LogP contribution in [0, 0.1) is 5.82 Å². The van der Waals surface area contributed by atoms with Crippen LogP contribution in [0.2, 0.25) is 5.02 Å². The lowest BCUT2D eigenvalue weighted by Crippen LogP contribution is -2.14. The van der Waals surface area contributed by atoms with Crippen molar-refractivity contribution in [2.75, 3.05) is 10.5 Å². The van der Waals surface area contributed by atoms with Crippen molar-refractivity contribution in [2.24, 2.45) is 7.05 Å². The molecule has 0 saturated heterocycles. The van der Waals surface area contributed by atoms with E-state index in [1.807, 2.05) is 0 Å². The summed E-state index contributed by atoms with van der Waals surface area (Å²) in [4.78, 5) is -0.157. The fraction of sp³-hybridized carbons (Fsp3) is 0.100. The van der Waals surface area contributed by atoms with Gasteiger partial charge in [0.15, 0.2) is 5.82 Å². The first-order chi connectivity index (χ1) is 8.79. The molecule has 0 aliphatic rings. The summed E-state index contributed by atoms with van der Waals surface area (Å²) in [6, 6.07) is 3.49. The van der Waals surface area contributed by atoms with Gasteiger partial charge in [0.1, 0.15) is 10.7 Å². The zero-order chi connectivity index (χ0) is 14.2. The van der Waals surface area contributed by atoms with E-state index in [-0.39, 0.29) is 21.4 Å². The molecule has 0 atom stereocenters. The first-order valence-electron chi connectivity index (χ1n) is 5.06. The molecule has 0 bridgehead atoms. The van der Waals surface area contributed by atoms with E-state index in [9.17, 15) is 12.8 Å². The number of nitrogens with zero attached hydrogens (tertiary/aromatic N) is 2. The fourth-order valence-electron chi connectivity index (χ4n) is 1.46. The number of nitrogens with one attached hydrogen (secondary N) is 1. The van der Waals surface area contributed by atoms with Crippen LogP contribution < -0.4 is 10.5 Å². The largest absolute Gasteiger partial charge is 0.381 e. The van der Waals surface area contributed by atoms with E-state index in [0.29, 0.717) is 0 Å². The van der Waals surface area contributed by atoms with Gasteiger partial charge in [-0.3, -0.25) is 9.40 Å². The Hall–Kier alpha value is -1.80. The van der Waals surface area contributed by atoms with Crippen LogP contribution in [0.3, 0.4) is 0 Å². The topological polar surface area (TPSA) is 90.0 Å². The van der Waals surface area contributed by atoms with Gasteiger partial charge >= 0.3 is 0 Å². The number of aryl methyl sites for hydroxylation is 1. The van der Waals surface area contributed by atoms with Gasteiger partial charge in [0.2, 0.25) is 0 Å². The van der Waals surface area contributed by atoms with Gasteiger partial charge in [-0.25, -0.2) is 12.8 Å². The van der Waals surface area contributed by atoms with Crippen LogP contribution in [0.5, 0.6) is 0 Å². The van der Waals surface area contributed by atoms with Gasteiger partial charge in [0, 0.05) is 13.2 Å². The molecule has 0 aliphatic heterocycles. The van der Waals surface area contributed by atoms with Crippen LogP contribution in [0.4, 0.5) is 15.9 Å². The molecule has 3 N–H and O–H groups in total. The lowest BCUT2D eigenvalue weighted by Gasteiger charge is -2.07. The first kappa shape index (κ1) is 13.6. The van der Waals surface area contributed by atoms with E-state index in [4.69, 9.17) is 17.3 Å². The molecule has 2 rings (SSSR count). The highest BCUT2D eigenvalue weighted by atomic mass is 35.5. The predicted molar refractivity (Wildman–Crippen MR) is 69.8 cm³/mol. The maximum atomic E-state index is 13.0. The molecule has 0 saturated carbocycles. The average Bonchev–Trinajstić information content (AvgIpc) is 2.63. The molecule has 19 heavy (non-hydrogen) atoms. The molecule has 0 spiro atoms. The zero-order valence-corrected chi connectivity index (χ0v) is 11.3. The number of sulfonamides is 1. The number of hydrogen-bond donors (Lipinski definition) is 2. The van der Waals surface area contributed by atoms with Gasteiger partial charge in [-0.15, -0.1) is 0 Å². The SMILES string of the molecule is Cn1cc(S(=O)(=O)Nc2ccc(F)c(Cl)c2)c(N)n1. The third-order valence-corrected chi connectivity index (χ3v) is 3.97. The molecular formula is C10H10ClFN4O2S. The molecule has 1 aromatic heterocycles. The summed E-state index contributed by atoms with van der Waals surface area (Å²) >= 11 is 5.57. The van der Waals surface area contributed by atoms with Crippen LogP contribution in [-0.4, -0.2) is 18.2 Å². The third-order valence-electron chi connectivity index (χ3n) is 2.28. The minimum Gasteiger partial charge on any atom is -0.381 e. The number of nitrogens with two attached hydrogens (primary N) is 1. The highest BCUT2D eigenvalue weighted by Crippen LogP contribution is 2.23. The highest BCUT2D eigenvalue weighted by molar-refractivity contribution is 7.92. The van der Waals surface area contributed by atoms with Crippen molar-refractivity contribution < 1.29 is 12.8 Å². The average molecular weight is 305 g/mol. The highest BCUT2D eigenvalue weighted by Gasteiger charge is 2.21. The van der Waals surface area contributed by atoms with Gasteiger partial charge in [-0.05, 0) is 18.2 Å². The smallest absolute Gasteiger partial charge is 0.267 e. The number of benzene rings is 1. The summed E-state index contributed by atoms with van der Waals surface area (Å²) in [6.07, 6.45) is 1.27. The summed E-state index contributed by atoms with van der Waals surface area (Å²) in [5.41, 5.74) is 5.63. The number of rotatable bonds is 3. The van der Waals surface area contributed by atoms with Crippen LogP contribution in [0.15, 0.2) is 29.3 Å². The van der Waals surface area contributed by atoms with Crippen LogP contribution in [0.1, 0.15) is 0 Å². The second-order valence-corrected chi connectivity index (χ2v) is 5.84. The van der Waals surface area contributed by atoms with E-state index in [1.165, 1.54) is 23.0 Å². The molecule has 2 aromatic rings. The normalized spacial score (nSPS) is 11.5. The molecule has 0 fully saturated rings. The van der Waals surface area contributed by atoms with Crippen molar-refractivity contribution in [1.29, 1.82) is 0 Å². The van der Waals surface area contributed by atoms with E-state index < -0.39 is 15.8 Å². The molecule has 0 radical (unpaired) electrons. The molecule has 1 heterocycles. The van der Waals surface area contributed by atoms with E-state index in [0.717, 1.165) is 6.07 Å². The quantitative estimate of drug-likeness (QED) is 0.901. The lowest BCUT2D eigenvalue weighted by molar-refractivity contribution is 0.601. The Labute approximate surface area is 114 Å². The minimum absolute atomic E-state index is 0.122. The first-order valence-corrected chi connectivity index (χ1v) is 6.93. The summed E-state index contributed by atoms with van der Waals surface area (Å²) in [5, 5.41) is 3.56. The molecule has 1 aromatic carbocycles. The Balaban J connectivity index is 2.36. The molecule has 0 amide bonds. The van der Waals surface area contributed by atoms with Crippen molar-refractivity contribution in [3.63, 3.8) is 0 Å². The third kappa shape index (κ3) is 2.79. The molecule has 102 valence electrons. The number of nitrogen functional groups attached to an aromatic ring is 1. The molecule has 0 unspecified atom stereocenters. The summed E-state index contributed by atoms with van der Waals surface area (Å²) in [7, 11) is -2.35. The van der Waals surface area contributed by atoms with Crippen molar-refractivity contribution in [3.8, 4) is 0 Å². The number of hydrogen-bond acceptors (Lipinski definition) is 4. The number of halogens is 2. The van der Waals surface area contributed by atoms with Gasteiger partial charge in [0.25, 0.3) is 10.0 Å². The monoisotopic (exact) mass is 304 g/mol. The minimum atomic E-state index is -3.89. The predicted octanol–water partition coefficient (Wildman–Crippen LogP) is 1.60. The Kier molecular flexibility index (Phi) is 3.38. The second-order valence-electron chi connectivity index (χ2n) is 3.79. The maximum absolute atomic E-state index is 13.0.